The van der Waals surface area contributed by atoms with Crippen LogP contribution >= 0.6 is 15.9 Å². The highest BCUT2D eigenvalue weighted by Gasteiger charge is 2.09. The zero-order chi connectivity index (χ0) is 19.7. The minimum absolute atomic E-state index is 0.242. The number of H-pyrrole nitrogens is 1. The first-order chi connectivity index (χ1) is 13.5. The topological polar surface area (TPSA) is 44.9 Å². The normalized spacial score (nSPS) is 12.4. The quantitative estimate of drug-likeness (QED) is 0.388. The average molecular weight is 457 g/mol. The van der Waals surface area contributed by atoms with E-state index in [0.29, 0.717) is 11.6 Å². The van der Waals surface area contributed by atoms with Crippen LogP contribution < -0.4 is 4.72 Å². The molecule has 1 unspecified atom stereocenters. The van der Waals surface area contributed by atoms with Gasteiger partial charge < -0.3 is 4.98 Å². The molecule has 1 aromatic heterocycles. The summed E-state index contributed by atoms with van der Waals surface area (Å²) in [6.45, 7) is 2.50. The molecule has 142 valence electrons. The van der Waals surface area contributed by atoms with Gasteiger partial charge in [-0.2, -0.15) is 0 Å². The number of aromatic nitrogens is 1. The second kappa shape index (κ2) is 7.99. The molecule has 0 fully saturated rings. The largest absolute Gasteiger partial charge is 0.347 e. The molecule has 1 atom stereocenters. The van der Waals surface area contributed by atoms with Gasteiger partial charge in [0, 0.05) is 21.9 Å². The summed E-state index contributed by atoms with van der Waals surface area (Å²) in [6.07, 6.45) is 0. The Morgan fingerprint density at radius 2 is 1.82 bits per heavy atom. The molecule has 3 nitrogen and oxygen atoms in total. The van der Waals surface area contributed by atoms with E-state index in [1.165, 1.54) is 12.1 Å². The van der Waals surface area contributed by atoms with Crippen molar-refractivity contribution in [2.45, 2.75) is 18.5 Å². The molecule has 6 heteroatoms. The highest BCUT2D eigenvalue weighted by molar-refractivity contribution is 9.10. The third-order valence-corrected chi connectivity index (χ3v) is 6.13. The van der Waals surface area contributed by atoms with Crippen molar-refractivity contribution in [3.8, 4) is 11.1 Å². The van der Waals surface area contributed by atoms with Gasteiger partial charge >= 0.3 is 0 Å². The summed E-state index contributed by atoms with van der Waals surface area (Å²) in [4.78, 5) is 3.19. The van der Waals surface area contributed by atoms with Gasteiger partial charge in [-0.3, -0.25) is 0 Å². The predicted molar refractivity (Wildman–Crippen MR) is 116 cm³/mol. The summed E-state index contributed by atoms with van der Waals surface area (Å²) in [5.41, 5.74) is 5.12. The van der Waals surface area contributed by atoms with Crippen molar-refractivity contribution < 1.29 is 8.60 Å². The van der Waals surface area contributed by atoms with E-state index in [1.54, 1.807) is 12.1 Å². The Labute approximate surface area is 173 Å². The van der Waals surface area contributed by atoms with Crippen LogP contribution in [0.4, 0.5) is 4.39 Å². The van der Waals surface area contributed by atoms with Crippen molar-refractivity contribution in [1.29, 1.82) is 0 Å². The second-order valence-corrected chi connectivity index (χ2v) is 8.79. The lowest BCUT2D eigenvalue weighted by Crippen LogP contribution is -2.17. The van der Waals surface area contributed by atoms with E-state index in [9.17, 15) is 8.60 Å². The summed E-state index contributed by atoms with van der Waals surface area (Å²) >= 11 is 3.45. The van der Waals surface area contributed by atoms with Gasteiger partial charge in [0.15, 0.2) is 0 Å². The molecule has 0 amide bonds. The van der Waals surface area contributed by atoms with Crippen molar-refractivity contribution in [2.75, 3.05) is 0 Å². The maximum atomic E-state index is 13.1. The first-order valence-corrected chi connectivity index (χ1v) is 10.7. The van der Waals surface area contributed by atoms with E-state index in [4.69, 9.17) is 0 Å². The monoisotopic (exact) mass is 456 g/mol. The van der Waals surface area contributed by atoms with E-state index in [1.807, 2.05) is 43.3 Å². The number of aromatic amines is 1. The predicted octanol–water partition coefficient (Wildman–Crippen LogP) is 5.86. The lowest BCUT2D eigenvalue weighted by atomic mass is 9.98. The maximum Gasteiger partial charge on any atom is 0.142 e. The van der Waals surface area contributed by atoms with Gasteiger partial charge in [0.25, 0.3) is 0 Å². The van der Waals surface area contributed by atoms with E-state index >= 15 is 0 Å². The molecule has 0 radical (unpaired) electrons. The molecular formula is C22H18BrFN2OS. The number of nitrogens with one attached hydrogen (secondary N) is 2. The maximum absolute atomic E-state index is 13.1. The summed E-state index contributed by atoms with van der Waals surface area (Å²) in [6, 6.07) is 20.3. The van der Waals surface area contributed by atoms with Crippen LogP contribution in [0.2, 0.25) is 0 Å². The second-order valence-electron chi connectivity index (χ2n) is 6.61. The molecule has 0 spiro atoms. The van der Waals surface area contributed by atoms with Crippen LogP contribution in [-0.4, -0.2) is 9.19 Å². The summed E-state index contributed by atoms with van der Waals surface area (Å²) in [5, 5.41) is 1.66. The fourth-order valence-electron chi connectivity index (χ4n) is 3.19. The van der Waals surface area contributed by atoms with Crippen LogP contribution in [0.25, 0.3) is 22.0 Å². The number of halogens is 2. The van der Waals surface area contributed by atoms with Gasteiger partial charge in [0.2, 0.25) is 0 Å². The van der Waals surface area contributed by atoms with Crippen LogP contribution in [0, 0.1) is 12.7 Å². The van der Waals surface area contributed by atoms with Gasteiger partial charge in [0.1, 0.15) is 21.8 Å². The van der Waals surface area contributed by atoms with E-state index in [2.05, 4.69) is 31.7 Å². The van der Waals surface area contributed by atoms with Gasteiger partial charge in [-0.15, -0.1) is 0 Å². The highest BCUT2D eigenvalue weighted by atomic mass is 79.9. The smallest absolute Gasteiger partial charge is 0.142 e. The molecular weight excluding hydrogens is 439 g/mol. The molecule has 4 aromatic rings. The minimum atomic E-state index is -1.34. The Hall–Kier alpha value is -2.28. The van der Waals surface area contributed by atoms with Gasteiger partial charge in [-0.25, -0.2) is 13.3 Å². The average Bonchev–Trinajstić information content (AvgIpc) is 3.10. The molecule has 1 heterocycles. The first kappa shape index (κ1) is 19.1. The Kier molecular flexibility index (Phi) is 5.44. The molecule has 0 aliphatic rings. The standard InChI is InChI=1S/C22H18BrFN2OS/c1-14-10-15(2-8-20(14)16-3-6-19(24)7-4-16)13-25-28(27)22-12-17-11-18(23)5-9-21(17)26-22/h2-12,25-26H,13H2,1H3. The number of hydrogen-bond acceptors (Lipinski definition) is 1. The van der Waals surface area contributed by atoms with Crippen molar-refractivity contribution in [3.63, 3.8) is 0 Å². The third-order valence-electron chi connectivity index (χ3n) is 4.61. The van der Waals surface area contributed by atoms with Gasteiger partial charge in [-0.05, 0) is 65.6 Å². The molecule has 3 aromatic carbocycles. The van der Waals surface area contributed by atoms with Crippen molar-refractivity contribution in [3.05, 3.63) is 88.1 Å². The molecule has 28 heavy (non-hydrogen) atoms. The zero-order valence-electron chi connectivity index (χ0n) is 15.1. The summed E-state index contributed by atoms with van der Waals surface area (Å²) in [7, 11) is -1.34. The van der Waals surface area contributed by atoms with Crippen LogP contribution in [0.5, 0.6) is 0 Å². The van der Waals surface area contributed by atoms with Crippen molar-refractivity contribution in [1.82, 2.24) is 9.71 Å². The molecule has 0 aliphatic carbocycles. The lowest BCUT2D eigenvalue weighted by Gasteiger charge is -2.09. The Bertz CT molecular complexity index is 1170. The SMILES string of the molecule is Cc1cc(CNS(=O)c2cc3cc(Br)ccc3[nH]2)ccc1-c1ccc(F)cc1. The molecule has 0 saturated carbocycles. The number of hydrogen-bond donors (Lipinski definition) is 2. The first-order valence-electron chi connectivity index (χ1n) is 8.78. The zero-order valence-corrected chi connectivity index (χ0v) is 17.5. The number of benzene rings is 3. The molecule has 0 saturated heterocycles. The van der Waals surface area contributed by atoms with Crippen LogP contribution in [-0.2, 0) is 17.5 Å². The Morgan fingerprint density at radius 3 is 2.57 bits per heavy atom. The van der Waals surface area contributed by atoms with Crippen LogP contribution in [0.1, 0.15) is 11.1 Å². The fraction of sp³-hybridized carbons (Fsp3) is 0.0909. The van der Waals surface area contributed by atoms with Crippen LogP contribution in [0.15, 0.2) is 76.2 Å². The molecule has 0 aliphatic heterocycles. The summed E-state index contributed by atoms with van der Waals surface area (Å²) < 4.78 is 29.8. The molecule has 0 bridgehead atoms. The number of aryl methyl sites for hydroxylation is 1. The lowest BCUT2D eigenvalue weighted by molar-refractivity contribution is 0.628. The van der Waals surface area contributed by atoms with Crippen molar-refractivity contribution >= 4 is 37.8 Å². The van der Waals surface area contributed by atoms with E-state index in [-0.39, 0.29) is 5.82 Å². The van der Waals surface area contributed by atoms with Crippen molar-refractivity contribution in [2.24, 2.45) is 0 Å². The molecule has 4 rings (SSSR count). The van der Waals surface area contributed by atoms with E-state index < -0.39 is 11.0 Å². The number of rotatable bonds is 5. The van der Waals surface area contributed by atoms with Crippen LogP contribution in [0.3, 0.4) is 0 Å². The highest BCUT2D eigenvalue weighted by Crippen LogP contribution is 2.25. The van der Waals surface area contributed by atoms with Gasteiger partial charge in [-0.1, -0.05) is 46.3 Å². The third kappa shape index (κ3) is 4.09. The Balaban J connectivity index is 1.47. The van der Waals surface area contributed by atoms with Gasteiger partial charge in [0.05, 0.1) is 0 Å². The summed E-state index contributed by atoms with van der Waals surface area (Å²) in [5.74, 6) is -0.242. The van der Waals surface area contributed by atoms with E-state index in [0.717, 1.165) is 37.6 Å². The Morgan fingerprint density at radius 1 is 1.04 bits per heavy atom. The fourth-order valence-corrected chi connectivity index (χ4v) is 4.46. The minimum Gasteiger partial charge on any atom is -0.347 e. The number of fused-ring (bicyclic) bond motifs is 1. The molecule has 2 N–H and O–H groups in total.